The highest BCUT2D eigenvalue weighted by molar-refractivity contribution is 5.73. The van der Waals surface area contributed by atoms with Crippen LogP contribution < -0.4 is 0 Å². The molecular weight excluding hydrogens is 502 g/mol. The van der Waals surface area contributed by atoms with Crippen molar-refractivity contribution in [3.63, 3.8) is 0 Å². The molecule has 1 aromatic rings. The van der Waals surface area contributed by atoms with Gasteiger partial charge in [0.15, 0.2) is 0 Å². The molecule has 3 saturated heterocycles. The number of alkyl halides is 6. The van der Waals surface area contributed by atoms with Crippen LogP contribution in [0.1, 0.15) is 37.2 Å². The second-order valence-corrected chi connectivity index (χ2v) is 8.85. The first-order valence-electron chi connectivity index (χ1n) is 11.4. The van der Waals surface area contributed by atoms with Gasteiger partial charge in [0.25, 0.3) is 0 Å². The first-order chi connectivity index (χ1) is 16.7. The van der Waals surface area contributed by atoms with Crippen molar-refractivity contribution < 1.29 is 55.3 Å². The van der Waals surface area contributed by atoms with Crippen LogP contribution in [0.2, 0.25) is 0 Å². The Labute approximate surface area is 203 Å². The molecule has 3 aliphatic heterocycles. The Morgan fingerprint density at radius 2 is 1.36 bits per heavy atom. The second-order valence-electron chi connectivity index (χ2n) is 8.85. The molecule has 2 N–H and O–H groups in total. The van der Waals surface area contributed by atoms with Crippen LogP contribution in [-0.4, -0.2) is 89.2 Å². The van der Waals surface area contributed by atoms with Crippen molar-refractivity contribution in [2.45, 2.75) is 63.6 Å². The van der Waals surface area contributed by atoms with Crippen molar-refractivity contribution in [2.75, 3.05) is 32.8 Å². The molecule has 3 aliphatic rings. The molecule has 4 heterocycles. The molecule has 4 rings (SSSR count). The van der Waals surface area contributed by atoms with E-state index in [2.05, 4.69) is 21.9 Å². The van der Waals surface area contributed by atoms with Crippen LogP contribution in [0.25, 0.3) is 0 Å². The molecule has 0 aromatic carbocycles. The van der Waals surface area contributed by atoms with Gasteiger partial charge in [-0.05, 0) is 50.7 Å². The number of hydrogen-bond acceptors (Lipinski definition) is 6. The molecule has 0 saturated carbocycles. The van der Waals surface area contributed by atoms with E-state index in [0.717, 1.165) is 49.3 Å². The SMILES string of the molecule is Cc1ccc(CN2CC[C@H]3[C@H]2CCN3CC2CCOCC2)o1.O=C(O)C(F)(F)F.O=C(O)C(F)(F)F. The highest BCUT2D eigenvalue weighted by atomic mass is 19.4. The standard InChI is InChI=1S/C18H28N2O2.2C2HF3O2/c1-14-2-3-16(22-14)13-20-9-5-17-18(20)4-8-19(17)12-15-6-10-21-11-7-15;2*3-2(4,5)1(6)7/h2-3,15,17-18H,4-13H2,1H3;2*(H,6,7)/t17-,18+;;/m0../s1. The van der Waals surface area contributed by atoms with Gasteiger partial charge in [0, 0.05) is 44.9 Å². The highest BCUT2D eigenvalue weighted by Crippen LogP contribution is 2.34. The van der Waals surface area contributed by atoms with E-state index in [0.29, 0.717) is 0 Å². The minimum absolute atomic E-state index is 0.741. The lowest BCUT2D eigenvalue weighted by Gasteiger charge is -2.30. The van der Waals surface area contributed by atoms with E-state index in [4.69, 9.17) is 29.0 Å². The molecular formula is C22H30F6N2O6. The van der Waals surface area contributed by atoms with Crippen LogP contribution >= 0.6 is 0 Å². The van der Waals surface area contributed by atoms with E-state index in [1.807, 2.05) is 6.92 Å². The van der Waals surface area contributed by atoms with Crippen molar-refractivity contribution in [1.29, 1.82) is 0 Å². The molecule has 0 radical (unpaired) electrons. The minimum Gasteiger partial charge on any atom is -0.475 e. The van der Waals surface area contributed by atoms with E-state index < -0.39 is 24.3 Å². The molecule has 2 atom stereocenters. The average molecular weight is 532 g/mol. The molecule has 8 nitrogen and oxygen atoms in total. The third-order valence-corrected chi connectivity index (χ3v) is 6.28. The Kier molecular flexibility index (Phi) is 10.6. The van der Waals surface area contributed by atoms with E-state index in [1.54, 1.807) is 0 Å². The Balaban J connectivity index is 0.000000271. The molecule has 206 valence electrons. The summed E-state index contributed by atoms with van der Waals surface area (Å²) in [6.45, 7) is 8.74. The van der Waals surface area contributed by atoms with Crippen LogP contribution in [0.5, 0.6) is 0 Å². The summed E-state index contributed by atoms with van der Waals surface area (Å²) >= 11 is 0. The lowest BCUT2D eigenvalue weighted by Crippen LogP contribution is -2.39. The maximum absolute atomic E-state index is 10.6. The van der Waals surface area contributed by atoms with Crippen LogP contribution in [0.4, 0.5) is 26.3 Å². The number of likely N-dealkylation sites (tertiary alicyclic amines) is 2. The summed E-state index contributed by atoms with van der Waals surface area (Å²) in [4.78, 5) is 23.2. The zero-order valence-electron chi connectivity index (χ0n) is 19.6. The molecule has 0 amide bonds. The molecule has 3 fully saturated rings. The molecule has 0 bridgehead atoms. The molecule has 0 aliphatic carbocycles. The number of ether oxygens (including phenoxy) is 1. The van der Waals surface area contributed by atoms with Gasteiger partial charge in [-0.15, -0.1) is 0 Å². The van der Waals surface area contributed by atoms with Gasteiger partial charge < -0.3 is 19.4 Å². The lowest BCUT2D eigenvalue weighted by atomic mass is 9.99. The maximum Gasteiger partial charge on any atom is 0.490 e. The minimum atomic E-state index is -5.08. The van der Waals surface area contributed by atoms with E-state index in [-0.39, 0.29) is 0 Å². The third-order valence-electron chi connectivity index (χ3n) is 6.28. The number of hydrogen-bond donors (Lipinski definition) is 2. The van der Waals surface area contributed by atoms with Crippen molar-refractivity contribution in [1.82, 2.24) is 9.80 Å². The van der Waals surface area contributed by atoms with Gasteiger partial charge >= 0.3 is 24.3 Å². The van der Waals surface area contributed by atoms with Crippen LogP contribution in [0.3, 0.4) is 0 Å². The summed E-state index contributed by atoms with van der Waals surface area (Å²) in [5, 5.41) is 14.2. The predicted molar refractivity (Wildman–Crippen MR) is 113 cm³/mol. The van der Waals surface area contributed by atoms with Crippen LogP contribution in [0, 0.1) is 12.8 Å². The van der Waals surface area contributed by atoms with Gasteiger partial charge in [0.1, 0.15) is 11.5 Å². The summed E-state index contributed by atoms with van der Waals surface area (Å²) in [6.07, 6.45) is -5.01. The largest absolute Gasteiger partial charge is 0.490 e. The topological polar surface area (TPSA) is 103 Å². The fraction of sp³-hybridized carbons (Fsp3) is 0.727. The Morgan fingerprint density at radius 1 is 0.889 bits per heavy atom. The smallest absolute Gasteiger partial charge is 0.475 e. The number of carbonyl (C=O) groups is 2. The van der Waals surface area contributed by atoms with E-state index in [9.17, 15) is 26.3 Å². The summed E-state index contributed by atoms with van der Waals surface area (Å²) in [5.74, 6) is -2.51. The Hall–Kier alpha value is -2.32. The zero-order chi connectivity index (χ0) is 27.1. The number of fused-ring (bicyclic) bond motifs is 1. The van der Waals surface area contributed by atoms with Crippen LogP contribution in [0.15, 0.2) is 16.5 Å². The van der Waals surface area contributed by atoms with E-state index in [1.165, 1.54) is 45.3 Å². The molecule has 1 aromatic heterocycles. The number of furan rings is 1. The van der Waals surface area contributed by atoms with Gasteiger partial charge in [-0.3, -0.25) is 9.80 Å². The van der Waals surface area contributed by atoms with Crippen molar-refractivity contribution >= 4 is 11.9 Å². The lowest BCUT2D eigenvalue weighted by molar-refractivity contribution is -0.193. The number of nitrogens with zero attached hydrogens (tertiary/aromatic N) is 2. The monoisotopic (exact) mass is 532 g/mol. The number of aliphatic carboxylic acids is 2. The molecule has 36 heavy (non-hydrogen) atoms. The summed E-state index contributed by atoms with van der Waals surface area (Å²) < 4.78 is 74.7. The van der Waals surface area contributed by atoms with Gasteiger partial charge in [-0.1, -0.05) is 0 Å². The maximum atomic E-state index is 10.6. The summed E-state index contributed by atoms with van der Waals surface area (Å²) in [7, 11) is 0. The predicted octanol–water partition coefficient (Wildman–Crippen LogP) is 3.93. The first kappa shape index (κ1) is 29.9. The normalized spacial score (nSPS) is 23.3. The van der Waals surface area contributed by atoms with Crippen LogP contribution in [-0.2, 0) is 20.9 Å². The van der Waals surface area contributed by atoms with Gasteiger partial charge in [0.2, 0.25) is 0 Å². The van der Waals surface area contributed by atoms with Gasteiger partial charge in [-0.2, -0.15) is 26.3 Å². The molecule has 0 spiro atoms. The number of aryl methyl sites for hydroxylation is 1. The van der Waals surface area contributed by atoms with E-state index >= 15 is 0 Å². The van der Waals surface area contributed by atoms with Gasteiger partial charge in [0.05, 0.1) is 6.54 Å². The fourth-order valence-electron chi connectivity index (χ4n) is 4.62. The Morgan fingerprint density at radius 3 is 1.81 bits per heavy atom. The highest BCUT2D eigenvalue weighted by Gasteiger charge is 2.43. The third kappa shape index (κ3) is 9.28. The Bertz CT molecular complexity index is 829. The van der Waals surface area contributed by atoms with Crippen molar-refractivity contribution in [3.05, 3.63) is 23.7 Å². The van der Waals surface area contributed by atoms with Gasteiger partial charge in [-0.25, -0.2) is 9.59 Å². The average Bonchev–Trinajstić information content (AvgIpc) is 3.47. The second kappa shape index (κ2) is 12.8. The van der Waals surface area contributed by atoms with Crippen molar-refractivity contribution in [2.24, 2.45) is 5.92 Å². The van der Waals surface area contributed by atoms with Crippen molar-refractivity contribution in [3.8, 4) is 0 Å². The zero-order valence-corrected chi connectivity index (χ0v) is 19.6. The quantitative estimate of drug-likeness (QED) is 0.563. The fourth-order valence-corrected chi connectivity index (χ4v) is 4.62. The number of carboxylic acids is 2. The summed E-state index contributed by atoms with van der Waals surface area (Å²) in [6, 6.07) is 5.73. The number of rotatable bonds is 4. The number of halogens is 6. The molecule has 0 unspecified atom stereocenters. The first-order valence-corrected chi connectivity index (χ1v) is 11.4. The molecule has 14 heteroatoms. The summed E-state index contributed by atoms with van der Waals surface area (Å²) in [5.41, 5.74) is 0. The number of carboxylic acid groups (broad SMARTS) is 2.